The maximum Gasteiger partial charge on any atom is 0.225 e. The van der Waals surface area contributed by atoms with Crippen LogP contribution in [-0.4, -0.2) is 41.0 Å². The van der Waals surface area contributed by atoms with E-state index in [-0.39, 0.29) is 0 Å². The molecule has 128 valence electrons. The first-order chi connectivity index (χ1) is 11.5. The van der Waals surface area contributed by atoms with Gasteiger partial charge in [-0.3, -0.25) is 4.90 Å². The Morgan fingerprint density at radius 2 is 1.71 bits per heavy atom. The Kier molecular flexibility index (Phi) is 5.26. The average Bonchev–Trinajstić information content (AvgIpc) is 2.55. The molecule has 24 heavy (non-hydrogen) atoms. The van der Waals surface area contributed by atoms with Crippen LogP contribution in [-0.2, 0) is 6.54 Å². The van der Waals surface area contributed by atoms with Crippen LogP contribution in [0.1, 0.15) is 18.4 Å². The van der Waals surface area contributed by atoms with Gasteiger partial charge in [-0.2, -0.15) is 0 Å². The van der Waals surface area contributed by atoms with Gasteiger partial charge in [-0.1, -0.05) is 11.6 Å². The Morgan fingerprint density at radius 3 is 2.29 bits per heavy atom. The molecule has 0 aliphatic carbocycles. The predicted molar refractivity (Wildman–Crippen MR) is 90.1 cm³/mol. The number of benzene rings is 1. The zero-order valence-electron chi connectivity index (χ0n) is 13.4. The van der Waals surface area contributed by atoms with Crippen molar-refractivity contribution in [3.05, 3.63) is 52.8 Å². The summed E-state index contributed by atoms with van der Waals surface area (Å²) in [5.41, 5.74) is 0.667. The van der Waals surface area contributed by atoms with Crippen LogP contribution in [0.2, 0.25) is 5.02 Å². The molecule has 2 heterocycles. The van der Waals surface area contributed by atoms with Gasteiger partial charge in [0, 0.05) is 38.8 Å². The van der Waals surface area contributed by atoms with Crippen molar-refractivity contribution in [3.8, 4) is 0 Å². The summed E-state index contributed by atoms with van der Waals surface area (Å²) in [6, 6.07) is 4.02. The van der Waals surface area contributed by atoms with Gasteiger partial charge in [0.15, 0.2) is 0 Å². The predicted octanol–water partition coefficient (Wildman–Crippen LogP) is 3.51. The van der Waals surface area contributed by atoms with Crippen LogP contribution in [0, 0.1) is 11.6 Å². The van der Waals surface area contributed by atoms with Gasteiger partial charge in [0.25, 0.3) is 0 Å². The van der Waals surface area contributed by atoms with E-state index in [2.05, 4.69) is 19.8 Å². The van der Waals surface area contributed by atoms with E-state index in [0.717, 1.165) is 32.0 Å². The summed E-state index contributed by atoms with van der Waals surface area (Å²) < 4.78 is 26.6. The molecule has 2 aromatic rings. The van der Waals surface area contributed by atoms with Gasteiger partial charge in [0.1, 0.15) is 11.6 Å². The highest BCUT2D eigenvalue weighted by Crippen LogP contribution is 2.21. The summed E-state index contributed by atoms with van der Waals surface area (Å²) in [6.07, 6.45) is 5.07. The summed E-state index contributed by atoms with van der Waals surface area (Å²) in [5, 5.41) is 0.518. The standard InChI is InChI=1S/C17H19ClF2N4/c1-23(17-21-9-13(18)10-22-17)16-2-4-24(5-3-16)11-12-6-14(19)8-15(20)7-12/h6-10,16H,2-5,11H2,1H3. The lowest BCUT2D eigenvalue weighted by Gasteiger charge is -2.36. The second-order valence-electron chi connectivity index (χ2n) is 6.10. The van der Waals surface area contributed by atoms with Gasteiger partial charge in [-0.05, 0) is 30.5 Å². The number of nitrogens with zero attached hydrogens (tertiary/aromatic N) is 4. The average molecular weight is 353 g/mol. The van der Waals surface area contributed by atoms with E-state index >= 15 is 0 Å². The molecule has 1 aromatic heterocycles. The number of hydrogen-bond donors (Lipinski definition) is 0. The van der Waals surface area contributed by atoms with Crippen LogP contribution >= 0.6 is 11.6 Å². The molecule has 4 nitrogen and oxygen atoms in total. The highest BCUT2D eigenvalue weighted by molar-refractivity contribution is 6.30. The zero-order valence-corrected chi connectivity index (χ0v) is 14.2. The molecule has 0 saturated carbocycles. The van der Waals surface area contributed by atoms with E-state index in [1.807, 2.05) is 7.05 Å². The van der Waals surface area contributed by atoms with Gasteiger partial charge in [-0.15, -0.1) is 0 Å². The number of hydrogen-bond acceptors (Lipinski definition) is 4. The van der Waals surface area contributed by atoms with Crippen molar-refractivity contribution in [1.29, 1.82) is 0 Å². The summed E-state index contributed by atoms with van der Waals surface area (Å²) in [4.78, 5) is 12.8. The summed E-state index contributed by atoms with van der Waals surface area (Å²) in [6.45, 7) is 2.28. The molecular formula is C17H19ClF2N4. The van der Waals surface area contributed by atoms with Crippen molar-refractivity contribution in [2.24, 2.45) is 0 Å². The minimum atomic E-state index is -0.528. The second-order valence-corrected chi connectivity index (χ2v) is 6.53. The smallest absolute Gasteiger partial charge is 0.225 e. The number of halogens is 3. The van der Waals surface area contributed by atoms with Gasteiger partial charge >= 0.3 is 0 Å². The van der Waals surface area contributed by atoms with Crippen molar-refractivity contribution < 1.29 is 8.78 Å². The fourth-order valence-electron chi connectivity index (χ4n) is 3.08. The molecule has 0 radical (unpaired) electrons. The van der Waals surface area contributed by atoms with E-state index in [1.54, 1.807) is 12.4 Å². The van der Waals surface area contributed by atoms with Gasteiger partial charge in [-0.25, -0.2) is 18.7 Å². The molecule has 7 heteroatoms. The number of anilines is 1. The topological polar surface area (TPSA) is 32.3 Å². The fraction of sp³-hybridized carbons (Fsp3) is 0.412. The monoisotopic (exact) mass is 352 g/mol. The van der Waals surface area contributed by atoms with Gasteiger partial charge in [0.05, 0.1) is 17.4 Å². The number of likely N-dealkylation sites (tertiary alicyclic amines) is 1. The van der Waals surface area contributed by atoms with E-state index in [4.69, 9.17) is 11.6 Å². The van der Waals surface area contributed by atoms with Crippen LogP contribution < -0.4 is 4.90 Å². The van der Waals surface area contributed by atoms with Crippen LogP contribution in [0.15, 0.2) is 30.6 Å². The molecule has 0 amide bonds. The lowest BCUT2D eigenvalue weighted by molar-refractivity contribution is 0.202. The van der Waals surface area contributed by atoms with Crippen LogP contribution in [0.3, 0.4) is 0 Å². The third-order valence-corrected chi connectivity index (χ3v) is 4.55. The highest BCUT2D eigenvalue weighted by atomic mass is 35.5. The summed E-state index contributed by atoms with van der Waals surface area (Å²) in [7, 11) is 1.98. The second kappa shape index (κ2) is 7.40. The normalized spacial score (nSPS) is 16.3. The largest absolute Gasteiger partial charge is 0.341 e. The van der Waals surface area contributed by atoms with Crippen LogP contribution in [0.5, 0.6) is 0 Å². The molecule has 1 saturated heterocycles. The lowest BCUT2D eigenvalue weighted by atomic mass is 10.0. The van der Waals surface area contributed by atoms with E-state index in [1.165, 1.54) is 12.1 Å². The zero-order chi connectivity index (χ0) is 17.1. The Hall–Kier alpha value is -1.79. The molecule has 0 spiro atoms. The van der Waals surface area contributed by atoms with Gasteiger partial charge in [0.2, 0.25) is 5.95 Å². The molecule has 0 N–H and O–H groups in total. The third kappa shape index (κ3) is 4.19. The number of piperidine rings is 1. The van der Waals surface area contributed by atoms with Crippen molar-refractivity contribution in [1.82, 2.24) is 14.9 Å². The summed E-state index contributed by atoms with van der Waals surface area (Å²) >= 11 is 5.82. The first-order valence-electron chi connectivity index (χ1n) is 7.89. The summed E-state index contributed by atoms with van der Waals surface area (Å²) in [5.74, 6) is -0.399. The Morgan fingerprint density at radius 1 is 1.12 bits per heavy atom. The van der Waals surface area contributed by atoms with E-state index in [0.29, 0.717) is 29.1 Å². The lowest BCUT2D eigenvalue weighted by Crippen LogP contribution is -2.43. The minimum absolute atomic E-state index is 0.340. The van der Waals surface area contributed by atoms with Crippen LogP contribution in [0.25, 0.3) is 0 Å². The van der Waals surface area contributed by atoms with E-state index < -0.39 is 11.6 Å². The maximum absolute atomic E-state index is 13.3. The van der Waals surface area contributed by atoms with Crippen molar-refractivity contribution in [2.75, 3.05) is 25.0 Å². The Labute approximate surface area is 145 Å². The first kappa shape index (κ1) is 17.0. The van der Waals surface area contributed by atoms with Crippen molar-refractivity contribution in [3.63, 3.8) is 0 Å². The molecule has 1 aliphatic rings. The Balaban J connectivity index is 1.56. The molecule has 0 atom stereocenters. The maximum atomic E-state index is 13.3. The first-order valence-corrected chi connectivity index (χ1v) is 8.27. The van der Waals surface area contributed by atoms with Crippen molar-refractivity contribution >= 4 is 17.5 Å². The SMILES string of the molecule is CN(c1ncc(Cl)cn1)C1CCN(Cc2cc(F)cc(F)c2)CC1. The molecule has 0 unspecified atom stereocenters. The fourth-order valence-corrected chi connectivity index (χ4v) is 3.17. The molecular weight excluding hydrogens is 334 g/mol. The highest BCUT2D eigenvalue weighted by Gasteiger charge is 2.24. The van der Waals surface area contributed by atoms with Crippen molar-refractivity contribution in [2.45, 2.75) is 25.4 Å². The molecule has 3 rings (SSSR count). The number of rotatable bonds is 4. The molecule has 1 aromatic carbocycles. The molecule has 1 fully saturated rings. The molecule has 0 bridgehead atoms. The van der Waals surface area contributed by atoms with Gasteiger partial charge < -0.3 is 4.90 Å². The Bertz CT molecular complexity index is 667. The van der Waals surface area contributed by atoms with Crippen LogP contribution in [0.4, 0.5) is 14.7 Å². The minimum Gasteiger partial charge on any atom is -0.341 e. The molecule has 1 aliphatic heterocycles. The third-order valence-electron chi connectivity index (χ3n) is 4.36. The van der Waals surface area contributed by atoms with E-state index in [9.17, 15) is 8.78 Å². The number of aromatic nitrogens is 2. The quantitative estimate of drug-likeness (QED) is 0.843.